The van der Waals surface area contributed by atoms with E-state index in [9.17, 15) is 9.59 Å². The normalized spacial score (nSPS) is 8.98. The summed E-state index contributed by atoms with van der Waals surface area (Å²) in [6.07, 6.45) is 10.6. The molecule has 46 heavy (non-hydrogen) atoms. The fourth-order valence-corrected chi connectivity index (χ4v) is 3.71. The standard InChI is InChI=1S/2C11H9N.2C8H8O.C3H4O/c2*1-2-5-10(6-3-1)11-7-4-8-12-9-11;1-7(9)8-5-3-2-4-6-8;9-7-6-8-4-2-1-3-5-8;1-2-3-4/h2*1-9H;2-6H,1H3;1-5,7H,6H2;2-3H,1H2. The van der Waals surface area contributed by atoms with Gasteiger partial charge < -0.3 is 4.79 Å². The van der Waals surface area contributed by atoms with Gasteiger partial charge in [-0.2, -0.15) is 0 Å². The van der Waals surface area contributed by atoms with Gasteiger partial charge in [0.25, 0.3) is 0 Å². The predicted molar refractivity (Wildman–Crippen MR) is 188 cm³/mol. The lowest BCUT2D eigenvalue weighted by molar-refractivity contribution is -0.107. The summed E-state index contributed by atoms with van der Waals surface area (Å²) in [6, 6.07) is 47.4. The van der Waals surface area contributed by atoms with Crippen LogP contribution in [0.2, 0.25) is 0 Å². The molecular weight excluding hydrogens is 568 g/mol. The zero-order valence-electron chi connectivity index (χ0n) is 25.9. The van der Waals surface area contributed by atoms with E-state index < -0.39 is 0 Å². The number of pyridine rings is 2. The van der Waals surface area contributed by atoms with Crippen molar-refractivity contribution in [2.45, 2.75) is 13.3 Å². The second-order valence-corrected chi connectivity index (χ2v) is 9.37. The third-order valence-corrected chi connectivity index (χ3v) is 5.98. The molecule has 0 unspecified atom stereocenters. The number of carbonyl (C=O) groups is 3. The highest BCUT2D eigenvalue weighted by atomic mass is 16.1. The first-order valence-corrected chi connectivity index (χ1v) is 14.6. The largest absolute Gasteiger partial charge is 0.303 e. The van der Waals surface area contributed by atoms with Crippen molar-refractivity contribution in [3.63, 3.8) is 0 Å². The Balaban J connectivity index is 0.000000207. The summed E-state index contributed by atoms with van der Waals surface area (Å²) in [6.45, 7) is 4.68. The Morgan fingerprint density at radius 3 is 1.24 bits per heavy atom. The van der Waals surface area contributed by atoms with Crippen molar-refractivity contribution < 1.29 is 14.4 Å². The first-order chi connectivity index (χ1) is 22.6. The highest BCUT2D eigenvalue weighted by Crippen LogP contribution is 2.17. The number of aldehydes is 2. The second kappa shape index (κ2) is 23.4. The molecule has 5 nitrogen and oxygen atoms in total. The molecule has 0 aliphatic heterocycles. The van der Waals surface area contributed by atoms with Crippen molar-refractivity contribution >= 4 is 18.4 Å². The van der Waals surface area contributed by atoms with Gasteiger partial charge in [0.1, 0.15) is 12.6 Å². The number of allylic oxidation sites excluding steroid dienone is 1. The lowest BCUT2D eigenvalue weighted by atomic mass is 10.1. The molecule has 2 heterocycles. The highest BCUT2D eigenvalue weighted by molar-refractivity contribution is 5.93. The third-order valence-electron chi connectivity index (χ3n) is 5.98. The van der Waals surface area contributed by atoms with Crippen molar-refractivity contribution in [2.75, 3.05) is 0 Å². The molecule has 0 bridgehead atoms. The van der Waals surface area contributed by atoms with Gasteiger partial charge >= 0.3 is 0 Å². The molecule has 0 aliphatic rings. The number of carbonyl (C=O) groups excluding carboxylic acids is 3. The van der Waals surface area contributed by atoms with Gasteiger partial charge in [0.2, 0.25) is 0 Å². The smallest absolute Gasteiger partial charge is 0.159 e. The van der Waals surface area contributed by atoms with Gasteiger partial charge in [-0.1, -0.05) is 140 Å². The molecule has 0 fully saturated rings. The molecule has 5 heteroatoms. The van der Waals surface area contributed by atoms with Crippen LogP contribution in [0.25, 0.3) is 22.3 Å². The minimum Gasteiger partial charge on any atom is -0.303 e. The molecule has 230 valence electrons. The Labute approximate surface area is 272 Å². The highest BCUT2D eigenvalue weighted by Gasteiger charge is 1.94. The lowest BCUT2D eigenvalue weighted by Gasteiger charge is -1.97. The zero-order valence-corrected chi connectivity index (χ0v) is 25.9. The van der Waals surface area contributed by atoms with Crippen molar-refractivity contribution in [1.29, 1.82) is 0 Å². The van der Waals surface area contributed by atoms with Gasteiger partial charge in [0.15, 0.2) is 5.78 Å². The molecule has 0 saturated carbocycles. The molecule has 6 aromatic rings. The number of hydrogen-bond acceptors (Lipinski definition) is 5. The minimum atomic E-state index is 0.121. The van der Waals surface area contributed by atoms with Crippen molar-refractivity contribution in [2.24, 2.45) is 0 Å². The molecule has 2 aromatic heterocycles. The van der Waals surface area contributed by atoms with Gasteiger partial charge in [-0.25, -0.2) is 0 Å². The van der Waals surface area contributed by atoms with E-state index in [2.05, 4.69) is 52.9 Å². The molecule has 0 spiro atoms. The van der Waals surface area contributed by atoms with Gasteiger partial charge in [0.05, 0.1) is 0 Å². The summed E-state index contributed by atoms with van der Waals surface area (Å²) in [5.74, 6) is 0.121. The number of benzene rings is 4. The van der Waals surface area contributed by atoms with Gasteiger partial charge in [-0.05, 0) is 52.9 Å². The SMILES string of the molecule is C=CC=O.CC(=O)c1ccccc1.O=CCc1ccccc1.c1ccc(-c2cccnc2)cc1.c1ccc(-c2cccnc2)cc1. The van der Waals surface area contributed by atoms with Gasteiger partial charge in [0, 0.05) is 36.8 Å². The van der Waals surface area contributed by atoms with Crippen molar-refractivity contribution in [3.8, 4) is 22.3 Å². The number of rotatable bonds is 6. The maximum Gasteiger partial charge on any atom is 0.159 e. The zero-order chi connectivity index (χ0) is 33.1. The molecule has 0 radical (unpaired) electrons. The number of Topliss-reactive ketones (excluding diaryl/α,β-unsaturated/α-hetero) is 1. The number of aromatic nitrogens is 2. The van der Waals surface area contributed by atoms with Crippen LogP contribution in [0, 0.1) is 0 Å². The Kier molecular flexibility index (Phi) is 18.4. The molecule has 0 atom stereocenters. The minimum absolute atomic E-state index is 0.121. The van der Waals surface area contributed by atoms with E-state index in [1.54, 1.807) is 19.3 Å². The summed E-state index contributed by atoms with van der Waals surface area (Å²) in [4.78, 5) is 37.8. The van der Waals surface area contributed by atoms with Gasteiger partial charge in [-0.3, -0.25) is 19.6 Å². The van der Waals surface area contributed by atoms with Crippen LogP contribution < -0.4 is 0 Å². The summed E-state index contributed by atoms with van der Waals surface area (Å²) >= 11 is 0. The van der Waals surface area contributed by atoms with Crippen LogP contribution in [0.5, 0.6) is 0 Å². The van der Waals surface area contributed by atoms with Crippen LogP contribution in [0.3, 0.4) is 0 Å². The number of ketones is 1. The third kappa shape index (κ3) is 15.4. The Morgan fingerprint density at radius 2 is 0.935 bits per heavy atom. The van der Waals surface area contributed by atoms with E-state index in [-0.39, 0.29) is 5.78 Å². The van der Waals surface area contributed by atoms with Crippen LogP contribution in [-0.4, -0.2) is 28.3 Å². The summed E-state index contributed by atoms with van der Waals surface area (Å²) in [5, 5.41) is 0. The Hall–Kier alpha value is -6.07. The van der Waals surface area contributed by atoms with Crippen LogP contribution >= 0.6 is 0 Å². The molecule has 0 N–H and O–H groups in total. The monoisotopic (exact) mass is 606 g/mol. The lowest BCUT2D eigenvalue weighted by Crippen LogP contribution is -1.88. The van der Waals surface area contributed by atoms with Gasteiger partial charge in [-0.15, -0.1) is 0 Å². The molecule has 0 saturated heterocycles. The topological polar surface area (TPSA) is 77.0 Å². The average molecular weight is 607 g/mol. The summed E-state index contributed by atoms with van der Waals surface area (Å²) in [7, 11) is 0. The molecule has 0 aliphatic carbocycles. The van der Waals surface area contributed by atoms with Crippen LogP contribution in [0.15, 0.2) is 183 Å². The number of nitrogens with zero attached hydrogens (tertiary/aromatic N) is 2. The van der Waals surface area contributed by atoms with E-state index in [0.29, 0.717) is 12.7 Å². The number of hydrogen-bond donors (Lipinski definition) is 0. The average Bonchev–Trinajstić information content (AvgIpc) is 3.15. The fourth-order valence-electron chi connectivity index (χ4n) is 3.71. The predicted octanol–water partition coefficient (Wildman–Crippen LogP) is 9.19. The fraction of sp³-hybridized carbons (Fsp3) is 0.0488. The second-order valence-electron chi connectivity index (χ2n) is 9.37. The van der Waals surface area contributed by atoms with E-state index in [4.69, 9.17) is 4.79 Å². The van der Waals surface area contributed by atoms with Crippen LogP contribution in [0.4, 0.5) is 0 Å². The van der Waals surface area contributed by atoms with Crippen LogP contribution in [0.1, 0.15) is 22.8 Å². The maximum absolute atomic E-state index is 10.6. The first kappa shape index (κ1) is 36.1. The summed E-state index contributed by atoms with van der Waals surface area (Å²) < 4.78 is 0. The molecule has 4 aromatic carbocycles. The van der Waals surface area contributed by atoms with E-state index in [1.165, 1.54) is 17.2 Å². The Bertz CT molecular complexity index is 1490. The van der Waals surface area contributed by atoms with E-state index in [0.717, 1.165) is 28.5 Å². The van der Waals surface area contributed by atoms with Crippen LogP contribution in [-0.2, 0) is 16.0 Å². The first-order valence-electron chi connectivity index (χ1n) is 14.6. The Morgan fingerprint density at radius 1 is 0.565 bits per heavy atom. The van der Waals surface area contributed by atoms with Crippen molar-refractivity contribution in [1.82, 2.24) is 9.97 Å². The van der Waals surface area contributed by atoms with Crippen molar-refractivity contribution in [3.05, 3.63) is 194 Å². The van der Waals surface area contributed by atoms with E-state index in [1.807, 2.05) is 122 Å². The maximum atomic E-state index is 10.6. The molecule has 0 amide bonds. The quantitative estimate of drug-likeness (QED) is 0.107. The molecule has 6 rings (SSSR count). The summed E-state index contributed by atoms with van der Waals surface area (Å²) in [5.41, 5.74) is 6.61. The van der Waals surface area contributed by atoms with E-state index >= 15 is 0 Å². The molecular formula is C41H38N2O3.